The van der Waals surface area contributed by atoms with Crippen LogP contribution in [0, 0.1) is 11.8 Å². The van der Waals surface area contributed by atoms with E-state index >= 15 is 0 Å². The maximum absolute atomic E-state index is 5.67. The topological polar surface area (TPSA) is 25.8 Å². The molecule has 0 saturated heterocycles. The highest BCUT2D eigenvalue weighted by molar-refractivity contribution is 7.11. The molecule has 1 aromatic rings. The number of halogens is 1. The Morgan fingerprint density at radius 2 is 2.00 bits per heavy atom. The van der Waals surface area contributed by atoms with Crippen molar-refractivity contribution in [3.8, 4) is 0 Å². The van der Waals surface area contributed by atoms with E-state index in [1.807, 2.05) is 11.3 Å². The van der Waals surface area contributed by atoms with Crippen molar-refractivity contribution in [2.24, 2.45) is 11.8 Å². The molecule has 0 aliphatic heterocycles. The molecular weight excluding hydrogens is 228 g/mol. The first-order valence-electron chi connectivity index (χ1n) is 5.75. The number of fused-ring (bicyclic) bond motifs is 1. The summed E-state index contributed by atoms with van der Waals surface area (Å²) in [5.41, 5.74) is 0. The summed E-state index contributed by atoms with van der Waals surface area (Å²) in [6.07, 6.45) is 6.24. The van der Waals surface area contributed by atoms with Gasteiger partial charge in [-0.15, -0.1) is 33.1 Å². The maximum Gasteiger partial charge on any atom is 0.120 e. The summed E-state index contributed by atoms with van der Waals surface area (Å²) in [6.45, 7) is 0. The lowest BCUT2D eigenvalue weighted by Crippen LogP contribution is -1.94. The van der Waals surface area contributed by atoms with Crippen LogP contribution >= 0.6 is 22.9 Å². The molecule has 2 unspecified atom stereocenters. The van der Waals surface area contributed by atoms with E-state index in [1.54, 1.807) is 0 Å². The van der Waals surface area contributed by atoms with Gasteiger partial charge in [-0.1, -0.05) is 0 Å². The standard InChI is InChI=1S/C11H15ClN2S/c12-3-1-2-10-13-14-11(15-10)9-5-7-4-8(7)6-9/h7-9H,1-6H2. The van der Waals surface area contributed by atoms with Gasteiger partial charge in [-0.3, -0.25) is 0 Å². The largest absolute Gasteiger partial charge is 0.144 e. The normalized spacial score (nSPS) is 33.0. The molecule has 82 valence electrons. The Labute approximate surface area is 99.1 Å². The Hall–Kier alpha value is -0.150. The summed E-state index contributed by atoms with van der Waals surface area (Å²) in [5.74, 6) is 3.52. The highest BCUT2D eigenvalue weighted by Crippen LogP contribution is 2.57. The Kier molecular flexibility index (Phi) is 2.69. The molecule has 2 nitrogen and oxygen atoms in total. The van der Waals surface area contributed by atoms with Crippen LogP contribution in [0.4, 0.5) is 0 Å². The van der Waals surface area contributed by atoms with Crippen LogP contribution in [0.3, 0.4) is 0 Å². The monoisotopic (exact) mass is 242 g/mol. The van der Waals surface area contributed by atoms with Gasteiger partial charge < -0.3 is 0 Å². The fraction of sp³-hybridized carbons (Fsp3) is 0.818. The second-order valence-corrected chi connectivity index (χ2v) is 6.22. The minimum absolute atomic E-state index is 0.725. The lowest BCUT2D eigenvalue weighted by molar-refractivity contribution is 0.614. The summed E-state index contributed by atoms with van der Waals surface area (Å²) in [7, 11) is 0. The summed E-state index contributed by atoms with van der Waals surface area (Å²) in [5, 5.41) is 11.0. The van der Waals surface area contributed by atoms with Crippen LogP contribution in [0.1, 0.15) is 41.6 Å². The molecule has 3 rings (SSSR count). The third kappa shape index (κ3) is 2.04. The van der Waals surface area contributed by atoms with Gasteiger partial charge in [0.1, 0.15) is 10.0 Å². The van der Waals surface area contributed by atoms with Gasteiger partial charge in [0.2, 0.25) is 0 Å². The predicted molar refractivity (Wildman–Crippen MR) is 62.5 cm³/mol. The van der Waals surface area contributed by atoms with E-state index in [0.29, 0.717) is 0 Å². The maximum atomic E-state index is 5.67. The Bertz CT molecular complexity index is 342. The second kappa shape index (κ2) is 4.02. The SMILES string of the molecule is ClCCCc1nnc(C2CC3CC3C2)s1. The Balaban J connectivity index is 1.63. The average Bonchev–Trinajstić information content (AvgIpc) is 2.71. The number of rotatable bonds is 4. The third-order valence-electron chi connectivity index (χ3n) is 3.60. The van der Waals surface area contributed by atoms with E-state index in [0.717, 1.165) is 36.5 Å². The number of alkyl halides is 1. The number of aryl methyl sites for hydroxylation is 1. The quantitative estimate of drug-likeness (QED) is 0.758. The average molecular weight is 243 g/mol. The first-order chi connectivity index (χ1) is 7.36. The van der Waals surface area contributed by atoms with Gasteiger partial charge in [-0.2, -0.15) is 0 Å². The van der Waals surface area contributed by atoms with Gasteiger partial charge in [0.05, 0.1) is 0 Å². The van der Waals surface area contributed by atoms with Crippen molar-refractivity contribution in [1.82, 2.24) is 10.2 Å². The number of hydrogen-bond acceptors (Lipinski definition) is 3. The Morgan fingerprint density at radius 3 is 2.73 bits per heavy atom. The molecule has 2 atom stereocenters. The van der Waals surface area contributed by atoms with E-state index in [9.17, 15) is 0 Å². The van der Waals surface area contributed by atoms with E-state index in [4.69, 9.17) is 11.6 Å². The second-order valence-electron chi connectivity index (χ2n) is 4.75. The summed E-state index contributed by atoms with van der Waals surface area (Å²) in [6, 6.07) is 0. The summed E-state index contributed by atoms with van der Waals surface area (Å²) in [4.78, 5) is 0. The minimum Gasteiger partial charge on any atom is -0.144 e. The lowest BCUT2D eigenvalue weighted by Gasteiger charge is -2.05. The van der Waals surface area contributed by atoms with Crippen molar-refractivity contribution in [2.45, 2.75) is 38.0 Å². The highest BCUT2D eigenvalue weighted by atomic mass is 35.5. The molecule has 0 bridgehead atoms. The van der Waals surface area contributed by atoms with Gasteiger partial charge in [-0.25, -0.2) is 0 Å². The number of aromatic nitrogens is 2. The Morgan fingerprint density at radius 1 is 1.20 bits per heavy atom. The molecule has 0 radical (unpaired) electrons. The number of hydrogen-bond donors (Lipinski definition) is 0. The molecule has 4 heteroatoms. The van der Waals surface area contributed by atoms with Crippen LogP contribution in [0.5, 0.6) is 0 Å². The zero-order valence-electron chi connectivity index (χ0n) is 8.66. The van der Waals surface area contributed by atoms with Gasteiger partial charge >= 0.3 is 0 Å². The van der Waals surface area contributed by atoms with Crippen LogP contribution in [-0.2, 0) is 6.42 Å². The van der Waals surface area contributed by atoms with Gasteiger partial charge in [0.25, 0.3) is 0 Å². The molecule has 0 aromatic carbocycles. The van der Waals surface area contributed by atoms with Crippen molar-refractivity contribution in [3.63, 3.8) is 0 Å². The number of nitrogens with zero attached hydrogens (tertiary/aromatic N) is 2. The van der Waals surface area contributed by atoms with Crippen molar-refractivity contribution in [1.29, 1.82) is 0 Å². The van der Waals surface area contributed by atoms with E-state index in [2.05, 4.69) is 10.2 Å². The molecule has 1 aromatic heterocycles. The molecule has 0 amide bonds. The molecular formula is C11H15ClN2S. The first-order valence-corrected chi connectivity index (χ1v) is 7.10. The van der Waals surface area contributed by atoms with Crippen LogP contribution in [-0.4, -0.2) is 16.1 Å². The smallest absolute Gasteiger partial charge is 0.120 e. The van der Waals surface area contributed by atoms with Crippen molar-refractivity contribution < 1.29 is 0 Å². The zero-order valence-corrected chi connectivity index (χ0v) is 10.2. The molecule has 2 saturated carbocycles. The molecule has 2 fully saturated rings. The molecule has 2 aliphatic carbocycles. The summed E-state index contributed by atoms with van der Waals surface area (Å²) < 4.78 is 0. The predicted octanol–water partition coefficient (Wildman–Crippen LogP) is 3.22. The molecule has 0 spiro atoms. The van der Waals surface area contributed by atoms with Crippen LogP contribution in [0.25, 0.3) is 0 Å². The van der Waals surface area contributed by atoms with Gasteiger partial charge in [0.15, 0.2) is 0 Å². The van der Waals surface area contributed by atoms with E-state index in [-0.39, 0.29) is 0 Å². The van der Waals surface area contributed by atoms with E-state index < -0.39 is 0 Å². The molecule has 2 aliphatic rings. The van der Waals surface area contributed by atoms with Crippen LogP contribution in [0.2, 0.25) is 0 Å². The summed E-state index contributed by atoms with van der Waals surface area (Å²) >= 11 is 7.48. The van der Waals surface area contributed by atoms with Crippen molar-refractivity contribution in [2.75, 3.05) is 5.88 Å². The lowest BCUT2D eigenvalue weighted by atomic mass is 10.1. The molecule has 15 heavy (non-hydrogen) atoms. The van der Waals surface area contributed by atoms with Crippen molar-refractivity contribution in [3.05, 3.63) is 10.0 Å². The first kappa shape index (κ1) is 10.0. The fourth-order valence-electron chi connectivity index (χ4n) is 2.67. The van der Waals surface area contributed by atoms with Gasteiger partial charge in [0, 0.05) is 18.2 Å². The fourth-order valence-corrected chi connectivity index (χ4v) is 3.81. The third-order valence-corrected chi connectivity index (χ3v) is 5.01. The zero-order chi connectivity index (χ0) is 10.3. The van der Waals surface area contributed by atoms with Crippen LogP contribution in [0.15, 0.2) is 0 Å². The van der Waals surface area contributed by atoms with Crippen LogP contribution < -0.4 is 0 Å². The van der Waals surface area contributed by atoms with Crippen molar-refractivity contribution >= 4 is 22.9 Å². The molecule has 1 heterocycles. The van der Waals surface area contributed by atoms with Gasteiger partial charge in [-0.05, 0) is 37.5 Å². The minimum atomic E-state index is 0.725. The van der Waals surface area contributed by atoms with E-state index in [1.165, 1.54) is 29.3 Å². The molecule has 0 N–H and O–H groups in total. The highest BCUT2D eigenvalue weighted by Gasteiger charge is 2.47.